The minimum Gasteiger partial charge on any atom is -0.490 e. The lowest BCUT2D eigenvalue weighted by molar-refractivity contribution is -0.121. The van der Waals surface area contributed by atoms with Gasteiger partial charge in [-0.25, -0.2) is 4.98 Å². The van der Waals surface area contributed by atoms with Crippen LogP contribution in [-0.2, 0) is 18.4 Å². The van der Waals surface area contributed by atoms with Gasteiger partial charge in [0.2, 0.25) is 5.91 Å². The summed E-state index contributed by atoms with van der Waals surface area (Å²) in [5, 5.41) is 7.44. The molecular formula is C21H27N5O4. The molecule has 1 atom stereocenters. The van der Waals surface area contributed by atoms with Crippen LogP contribution in [0.1, 0.15) is 38.8 Å². The van der Waals surface area contributed by atoms with E-state index in [1.165, 1.54) is 17.1 Å². The monoisotopic (exact) mass is 413 g/mol. The molecule has 0 aliphatic heterocycles. The van der Waals surface area contributed by atoms with Crippen LogP contribution in [-0.4, -0.2) is 38.5 Å². The summed E-state index contributed by atoms with van der Waals surface area (Å²) in [6.45, 7) is 7.03. The van der Waals surface area contributed by atoms with Crippen molar-refractivity contribution in [2.45, 2.75) is 39.8 Å². The SMILES string of the molecule is CCOc1ccc([C@@H](C)NC(=O)CCn2cnc3c(cnn3C)c2=O)cc1OCC. The van der Waals surface area contributed by atoms with Crippen molar-refractivity contribution in [1.29, 1.82) is 0 Å². The van der Waals surface area contributed by atoms with Crippen LogP contribution in [0, 0.1) is 0 Å². The fourth-order valence-electron chi connectivity index (χ4n) is 3.18. The summed E-state index contributed by atoms with van der Waals surface area (Å²) in [4.78, 5) is 29.2. The van der Waals surface area contributed by atoms with Crippen LogP contribution >= 0.6 is 0 Å². The minimum absolute atomic E-state index is 0.160. The molecule has 0 saturated heterocycles. The van der Waals surface area contributed by atoms with E-state index in [0.29, 0.717) is 35.7 Å². The average molecular weight is 413 g/mol. The van der Waals surface area contributed by atoms with Crippen molar-refractivity contribution in [1.82, 2.24) is 24.6 Å². The predicted molar refractivity (Wildman–Crippen MR) is 113 cm³/mol. The molecule has 0 spiro atoms. The Balaban J connectivity index is 1.64. The number of fused-ring (bicyclic) bond motifs is 1. The molecule has 0 unspecified atom stereocenters. The first-order chi connectivity index (χ1) is 14.4. The van der Waals surface area contributed by atoms with Gasteiger partial charge in [-0.1, -0.05) is 6.07 Å². The Morgan fingerprint density at radius 3 is 2.67 bits per heavy atom. The highest BCUT2D eigenvalue weighted by molar-refractivity contribution is 5.76. The van der Waals surface area contributed by atoms with E-state index in [4.69, 9.17) is 9.47 Å². The molecule has 0 saturated carbocycles. The van der Waals surface area contributed by atoms with Crippen molar-refractivity contribution >= 4 is 16.9 Å². The maximum absolute atomic E-state index is 12.5. The molecule has 0 aliphatic carbocycles. The van der Waals surface area contributed by atoms with Crippen molar-refractivity contribution in [3.8, 4) is 11.5 Å². The Labute approximate surface area is 174 Å². The van der Waals surface area contributed by atoms with E-state index < -0.39 is 0 Å². The number of aryl methyl sites for hydroxylation is 2. The first-order valence-corrected chi connectivity index (χ1v) is 10.0. The van der Waals surface area contributed by atoms with Gasteiger partial charge in [0.05, 0.1) is 31.8 Å². The quantitative estimate of drug-likeness (QED) is 0.577. The zero-order valence-corrected chi connectivity index (χ0v) is 17.7. The normalized spacial score (nSPS) is 12.0. The largest absolute Gasteiger partial charge is 0.490 e. The first kappa shape index (κ1) is 21.4. The van der Waals surface area contributed by atoms with Crippen molar-refractivity contribution < 1.29 is 14.3 Å². The lowest BCUT2D eigenvalue weighted by atomic mass is 10.1. The van der Waals surface area contributed by atoms with Crippen molar-refractivity contribution in [3.63, 3.8) is 0 Å². The van der Waals surface area contributed by atoms with E-state index in [1.807, 2.05) is 39.0 Å². The molecule has 0 aliphatic rings. The van der Waals surface area contributed by atoms with Gasteiger partial charge in [0.25, 0.3) is 5.56 Å². The average Bonchev–Trinajstić information content (AvgIpc) is 3.10. The topological polar surface area (TPSA) is 100 Å². The van der Waals surface area contributed by atoms with Crippen LogP contribution < -0.4 is 20.3 Å². The van der Waals surface area contributed by atoms with Gasteiger partial charge in [-0.05, 0) is 38.5 Å². The highest BCUT2D eigenvalue weighted by Gasteiger charge is 2.14. The molecule has 160 valence electrons. The summed E-state index contributed by atoms with van der Waals surface area (Å²) in [5.74, 6) is 1.17. The van der Waals surface area contributed by atoms with Crippen molar-refractivity contribution in [3.05, 3.63) is 46.6 Å². The molecule has 3 aromatic rings. The Hall–Kier alpha value is -3.36. The Bertz CT molecular complexity index is 1090. The Morgan fingerprint density at radius 1 is 1.20 bits per heavy atom. The predicted octanol–water partition coefficient (Wildman–Crippen LogP) is 2.19. The van der Waals surface area contributed by atoms with Crippen molar-refractivity contribution in [2.75, 3.05) is 13.2 Å². The smallest absolute Gasteiger partial charge is 0.264 e. The van der Waals surface area contributed by atoms with Crippen LogP contribution in [0.5, 0.6) is 11.5 Å². The molecule has 30 heavy (non-hydrogen) atoms. The highest BCUT2D eigenvalue weighted by Crippen LogP contribution is 2.30. The van der Waals surface area contributed by atoms with Crippen LogP contribution in [0.4, 0.5) is 0 Å². The standard InChI is InChI=1S/C21H27N5O4/c1-5-29-17-8-7-15(11-18(17)30-6-2)14(3)24-19(27)9-10-26-13-22-20-16(21(26)28)12-23-25(20)4/h7-8,11-14H,5-6,9-10H2,1-4H3,(H,24,27)/t14-/m1/s1. The number of aromatic nitrogens is 4. The molecular weight excluding hydrogens is 386 g/mol. The Morgan fingerprint density at radius 2 is 1.93 bits per heavy atom. The summed E-state index contributed by atoms with van der Waals surface area (Å²) < 4.78 is 14.2. The van der Waals surface area contributed by atoms with E-state index in [0.717, 1.165) is 5.56 Å². The molecule has 0 fully saturated rings. The third kappa shape index (κ3) is 4.61. The van der Waals surface area contributed by atoms with Gasteiger partial charge in [0.15, 0.2) is 17.1 Å². The van der Waals surface area contributed by atoms with E-state index in [1.54, 1.807) is 11.7 Å². The number of ether oxygens (including phenoxy) is 2. The second kappa shape index (κ2) is 9.43. The van der Waals surface area contributed by atoms with Gasteiger partial charge in [-0.15, -0.1) is 0 Å². The molecule has 9 nitrogen and oxygen atoms in total. The number of hydrogen-bond acceptors (Lipinski definition) is 6. The number of benzene rings is 1. The summed E-state index contributed by atoms with van der Waals surface area (Å²) in [6, 6.07) is 5.41. The number of rotatable bonds is 9. The lowest BCUT2D eigenvalue weighted by Crippen LogP contribution is -2.29. The van der Waals surface area contributed by atoms with Gasteiger partial charge in [0.1, 0.15) is 5.39 Å². The van der Waals surface area contributed by atoms with Gasteiger partial charge in [-0.2, -0.15) is 5.10 Å². The minimum atomic E-state index is -0.219. The number of carbonyl (C=O) groups excluding carboxylic acids is 1. The number of amides is 1. The van der Waals surface area contributed by atoms with Gasteiger partial charge in [-0.3, -0.25) is 18.8 Å². The molecule has 0 bridgehead atoms. The summed E-state index contributed by atoms with van der Waals surface area (Å²) in [6.07, 6.45) is 3.10. The van der Waals surface area contributed by atoms with E-state index >= 15 is 0 Å². The molecule has 3 rings (SSSR count). The third-order valence-corrected chi connectivity index (χ3v) is 4.74. The summed E-state index contributed by atoms with van der Waals surface area (Å²) >= 11 is 0. The van der Waals surface area contributed by atoms with Crippen molar-refractivity contribution in [2.24, 2.45) is 7.05 Å². The molecule has 1 amide bonds. The maximum Gasteiger partial charge on any atom is 0.264 e. The fraction of sp³-hybridized carbons (Fsp3) is 0.429. The second-order valence-corrected chi connectivity index (χ2v) is 6.86. The third-order valence-electron chi connectivity index (χ3n) is 4.74. The van der Waals surface area contributed by atoms with Crippen LogP contribution in [0.2, 0.25) is 0 Å². The number of hydrogen-bond donors (Lipinski definition) is 1. The van der Waals surface area contributed by atoms with Crippen LogP contribution in [0.3, 0.4) is 0 Å². The lowest BCUT2D eigenvalue weighted by Gasteiger charge is -2.17. The van der Waals surface area contributed by atoms with Gasteiger partial charge in [0, 0.05) is 20.0 Å². The van der Waals surface area contributed by atoms with Crippen LogP contribution in [0.15, 0.2) is 35.5 Å². The van der Waals surface area contributed by atoms with Crippen LogP contribution in [0.25, 0.3) is 11.0 Å². The number of carbonyl (C=O) groups is 1. The fourth-order valence-corrected chi connectivity index (χ4v) is 3.18. The summed E-state index contributed by atoms with van der Waals surface area (Å²) in [5.41, 5.74) is 1.22. The molecule has 0 radical (unpaired) electrons. The maximum atomic E-state index is 12.5. The molecule has 2 heterocycles. The van der Waals surface area contributed by atoms with Gasteiger partial charge < -0.3 is 14.8 Å². The molecule has 9 heteroatoms. The van der Waals surface area contributed by atoms with E-state index in [2.05, 4.69) is 15.4 Å². The molecule has 2 aromatic heterocycles. The second-order valence-electron chi connectivity index (χ2n) is 6.86. The Kier molecular flexibility index (Phi) is 6.71. The van der Waals surface area contributed by atoms with Gasteiger partial charge >= 0.3 is 0 Å². The number of nitrogens with one attached hydrogen (secondary N) is 1. The first-order valence-electron chi connectivity index (χ1n) is 10.0. The highest BCUT2D eigenvalue weighted by atomic mass is 16.5. The molecule has 1 aromatic carbocycles. The summed E-state index contributed by atoms with van der Waals surface area (Å²) in [7, 11) is 1.73. The zero-order valence-electron chi connectivity index (χ0n) is 17.7. The number of nitrogens with zero attached hydrogens (tertiary/aromatic N) is 4. The zero-order chi connectivity index (χ0) is 21.7. The van der Waals surface area contributed by atoms with E-state index in [9.17, 15) is 9.59 Å². The van der Waals surface area contributed by atoms with E-state index in [-0.39, 0.29) is 30.5 Å². The molecule has 1 N–H and O–H groups in total.